The fourth-order valence-electron chi connectivity index (χ4n) is 5.41. The van der Waals surface area contributed by atoms with Gasteiger partial charge in [-0.3, -0.25) is 4.79 Å². The van der Waals surface area contributed by atoms with Crippen LogP contribution in [0.3, 0.4) is 0 Å². The van der Waals surface area contributed by atoms with Gasteiger partial charge in [0.1, 0.15) is 0 Å². The summed E-state index contributed by atoms with van der Waals surface area (Å²) in [6.07, 6.45) is 27.8. The van der Waals surface area contributed by atoms with Crippen LogP contribution in [0.15, 0.2) is 57.6 Å². The van der Waals surface area contributed by atoms with Crippen LogP contribution in [-0.2, 0) is 4.79 Å². The van der Waals surface area contributed by atoms with Crippen molar-refractivity contribution in [3.63, 3.8) is 0 Å². The zero-order valence-electron chi connectivity index (χ0n) is 28.8. The number of unbranched alkanes of at least 4 members (excludes halogenated alkanes) is 18. The second-order valence-corrected chi connectivity index (χ2v) is 19.5. The Bertz CT molecular complexity index is 1050. The number of likely N-dealkylation sites (N-methyl/N-ethyl adjacent to an activating group) is 1. The molecular weight excluding hydrogens is 679 g/mol. The first-order valence-corrected chi connectivity index (χ1v) is 23.4. The van der Waals surface area contributed by atoms with E-state index < -0.39 is 0 Å². The molecule has 0 N–H and O–H groups in total. The smallest absolute Gasteiger partial charge is 0.265 e. The van der Waals surface area contributed by atoms with Crippen molar-refractivity contribution in [1.29, 1.82) is 0 Å². The lowest BCUT2D eigenvalue weighted by Crippen LogP contribution is -2.26. The van der Waals surface area contributed by atoms with E-state index in [0.29, 0.717) is 0 Å². The van der Waals surface area contributed by atoms with Gasteiger partial charge >= 0.3 is 0 Å². The van der Waals surface area contributed by atoms with Gasteiger partial charge in [-0.25, -0.2) is 0 Å². The molecule has 0 saturated carbocycles. The molecule has 0 aromatic heterocycles. The van der Waals surface area contributed by atoms with Gasteiger partial charge in [-0.15, -0.1) is 23.5 Å². The highest BCUT2D eigenvalue weighted by molar-refractivity contribution is 8.42. The van der Waals surface area contributed by atoms with Gasteiger partial charge in [0.05, 0.1) is 21.9 Å². The third kappa shape index (κ3) is 16.1. The van der Waals surface area contributed by atoms with E-state index in [2.05, 4.69) is 42.8 Å². The number of nitrogens with zero attached hydrogens (tertiary/aromatic N) is 1. The SMILES string of the molecule is CCCCCCCCCCCCSC1=C(SCCCCCCCCCCCC)SC(=C2SC=C(C(=O)N(C)c3ccccc3)S2)S1. The maximum Gasteiger partial charge on any atom is 0.265 e. The summed E-state index contributed by atoms with van der Waals surface area (Å²) in [5, 5.41) is 2.06. The molecule has 0 unspecified atom stereocenters. The molecule has 2 nitrogen and oxygen atoms in total. The molecule has 0 bridgehead atoms. The topological polar surface area (TPSA) is 20.3 Å². The molecular formula is C38H59NOS6. The van der Waals surface area contributed by atoms with Crippen LogP contribution in [0.2, 0.25) is 0 Å². The van der Waals surface area contributed by atoms with Crippen molar-refractivity contribution in [2.75, 3.05) is 23.5 Å². The molecule has 8 heteroatoms. The van der Waals surface area contributed by atoms with Gasteiger partial charge in [-0.05, 0) is 41.9 Å². The van der Waals surface area contributed by atoms with Crippen LogP contribution >= 0.6 is 70.6 Å². The molecule has 0 fully saturated rings. The van der Waals surface area contributed by atoms with Crippen LogP contribution in [0, 0.1) is 0 Å². The number of hydrogen-bond donors (Lipinski definition) is 0. The monoisotopic (exact) mass is 737 g/mol. The van der Waals surface area contributed by atoms with Crippen molar-refractivity contribution >= 4 is 82.2 Å². The van der Waals surface area contributed by atoms with Gasteiger partial charge in [0.15, 0.2) is 0 Å². The van der Waals surface area contributed by atoms with Crippen LogP contribution in [0.25, 0.3) is 0 Å². The fourth-order valence-corrected chi connectivity index (χ4v) is 13.9. The van der Waals surface area contributed by atoms with Crippen LogP contribution < -0.4 is 4.90 Å². The average Bonchev–Trinajstić information content (AvgIpc) is 3.73. The highest BCUT2D eigenvalue weighted by Gasteiger charge is 2.30. The predicted molar refractivity (Wildman–Crippen MR) is 221 cm³/mol. The van der Waals surface area contributed by atoms with Gasteiger partial charge in [0.25, 0.3) is 5.91 Å². The van der Waals surface area contributed by atoms with Crippen molar-refractivity contribution in [1.82, 2.24) is 0 Å². The quantitative estimate of drug-likeness (QED) is 0.0871. The van der Waals surface area contributed by atoms with Crippen molar-refractivity contribution in [3.05, 3.63) is 57.6 Å². The largest absolute Gasteiger partial charge is 0.311 e. The Balaban J connectivity index is 1.43. The lowest BCUT2D eigenvalue weighted by molar-refractivity contribution is -0.114. The van der Waals surface area contributed by atoms with E-state index in [-0.39, 0.29) is 5.91 Å². The van der Waals surface area contributed by atoms with Gasteiger partial charge in [0, 0.05) is 12.7 Å². The Labute approximate surface area is 308 Å². The number of hydrogen-bond acceptors (Lipinski definition) is 7. The third-order valence-corrected chi connectivity index (χ3v) is 16.9. The molecule has 2 aliphatic heterocycles. The van der Waals surface area contributed by atoms with Crippen LogP contribution in [0.5, 0.6) is 0 Å². The number of carbonyl (C=O) groups is 1. The molecule has 1 aromatic carbocycles. The first-order valence-electron chi connectivity index (χ1n) is 18.1. The highest BCUT2D eigenvalue weighted by Crippen LogP contribution is 2.62. The molecule has 2 heterocycles. The molecule has 0 aliphatic carbocycles. The molecule has 0 atom stereocenters. The number of thioether (sulfide) groups is 6. The van der Waals surface area contributed by atoms with E-state index in [9.17, 15) is 4.79 Å². The summed E-state index contributed by atoms with van der Waals surface area (Å²) in [6, 6.07) is 9.95. The number of rotatable bonds is 26. The van der Waals surface area contributed by atoms with E-state index in [1.54, 1.807) is 28.4 Å². The zero-order valence-corrected chi connectivity index (χ0v) is 33.7. The van der Waals surface area contributed by atoms with Crippen LogP contribution in [0.1, 0.15) is 142 Å². The molecule has 46 heavy (non-hydrogen) atoms. The lowest BCUT2D eigenvalue weighted by Gasteiger charge is -2.17. The molecule has 1 aromatic rings. The summed E-state index contributed by atoms with van der Waals surface area (Å²) in [6.45, 7) is 4.59. The van der Waals surface area contributed by atoms with Crippen molar-refractivity contribution in [2.45, 2.75) is 142 Å². The standard InChI is InChI=1S/C38H59NOS6/c1-4-6-8-10-12-14-16-18-20-25-29-41-35-36(42-30-26-21-19-17-15-13-11-9-7-5-2)46-38(45-35)37-43-31-33(44-37)34(40)39(3)32-27-23-22-24-28-32/h22-24,27-28,31H,4-21,25-26,29-30H2,1-3H3. The number of benzene rings is 1. The van der Waals surface area contributed by atoms with Crippen LogP contribution in [0.4, 0.5) is 5.69 Å². The highest BCUT2D eigenvalue weighted by atomic mass is 32.3. The molecule has 0 saturated heterocycles. The molecule has 0 spiro atoms. The van der Waals surface area contributed by atoms with E-state index in [1.807, 2.05) is 60.9 Å². The molecule has 2 aliphatic rings. The normalized spacial score (nSPS) is 14.9. The predicted octanol–water partition coefficient (Wildman–Crippen LogP) is 15.0. The van der Waals surface area contributed by atoms with Crippen LogP contribution in [-0.4, -0.2) is 24.5 Å². The van der Waals surface area contributed by atoms with Gasteiger partial charge in [-0.1, -0.05) is 195 Å². The Morgan fingerprint density at radius 1 is 0.587 bits per heavy atom. The second-order valence-electron chi connectivity index (χ2n) is 12.3. The Hall–Kier alpha value is 0.01000. The summed E-state index contributed by atoms with van der Waals surface area (Å²) >= 11 is 11.5. The summed E-state index contributed by atoms with van der Waals surface area (Å²) < 4.78 is 5.64. The summed E-state index contributed by atoms with van der Waals surface area (Å²) in [7, 11) is 1.88. The fraction of sp³-hybridized carbons (Fsp3) is 0.658. The van der Waals surface area contributed by atoms with Gasteiger partial charge in [0.2, 0.25) is 0 Å². The second kappa shape index (κ2) is 25.9. The number of carbonyl (C=O) groups excluding carboxylic acids is 1. The number of para-hydroxylation sites is 1. The third-order valence-electron chi connectivity index (χ3n) is 8.30. The maximum atomic E-state index is 13.3. The van der Waals surface area contributed by atoms with Crippen molar-refractivity contribution < 1.29 is 4.79 Å². The summed E-state index contributed by atoms with van der Waals surface area (Å²) in [5.41, 5.74) is 0.933. The molecule has 1 amide bonds. The number of amides is 1. The molecule has 3 rings (SSSR count). The molecule has 0 radical (unpaired) electrons. The Morgan fingerprint density at radius 3 is 1.48 bits per heavy atom. The minimum absolute atomic E-state index is 0.0753. The maximum absolute atomic E-state index is 13.3. The van der Waals surface area contributed by atoms with Gasteiger partial charge in [-0.2, -0.15) is 0 Å². The van der Waals surface area contributed by atoms with E-state index >= 15 is 0 Å². The first kappa shape index (κ1) is 40.4. The molecule has 258 valence electrons. The minimum atomic E-state index is 0.0753. The lowest BCUT2D eigenvalue weighted by atomic mass is 10.1. The van der Waals surface area contributed by atoms with E-state index in [1.165, 1.54) is 157 Å². The Kier molecular flexibility index (Phi) is 22.8. The first-order chi connectivity index (χ1) is 22.6. The van der Waals surface area contributed by atoms with E-state index in [4.69, 9.17) is 0 Å². The van der Waals surface area contributed by atoms with Crippen molar-refractivity contribution in [3.8, 4) is 0 Å². The average molecular weight is 738 g/mol. The van der Waals surface area contributed by atoms with Gasteiger partial charge < -0.3 is 4.90 Å². The van der Waals surface area contributed by atoms with Crippen molar-refractivity contribution in [2.24, 2.45) is 0 Å². The Morgan fingerprint density at radius 2 is 1.02 bits per heavy atom. The minimum Gasteiger partial charge on any atom is -0.311 e. The van der Waals surface area contributed by atoms with E-state index in [0.717, 1.165) is 10.6 Å². The zero-order chi connectivity index (χ0) is 32.7. The summed E-state index contributed by atoms with van der Waals surface area (Å²) in [5.74, 6) is 2.51. The summed E-state index contributed by atoms with van der Waals surface area (Å²) in [4.78, 5) is 15.8. The number of anilines is 1.